The minimum absolute atomic E-state index is 0.358. The Kier molecular flexibility index (Phi) is 3.34. The predicted molar refractivity (Wildman–Crippen MR) is 58.3 cm³/mol. The van der Waals surface area contributed by atoms with Gasteiger partial charge in [0.25, 0.3) is 0 Å². The van der Waals surface area contributed by atoms with Crippen LogP contribution in [0.1, 0.15) is 30.1 Å². The van der Waals surface area contributed by atoms with E-state index in [0.29, 0.717) is 18.0 Å². The molecule has 5 heteroatoms. The molecule has 1 aliphatic rings. The molecule has 0 spiro atoms. The molecule has 16 heavy (non-hydrogen) atoms. The molecule has 0 aromatic carbocycles. The molecule has 0 aliphatic carbocycles. The van der Waals surface area contributed by atoms with Crippen molar-refractivity contribution < 1.29 is 9.53 Å². The van der Waals surface area contributed by atoms with Gasteiger partial charge in [-0.2, -0.15) is 0 Å². The lowest BCUT2D eigenvalue weighted by Gasteiger charge is -2.18. The van der Waals surface area contributed by atoms with Crippen LogP contribution in [0, 0.1) is 6.33 Å². The van der Waals surface area contributed by atoms with E-state index in [4.69, 9.17) is 4.74 Å². The summed E-state index contributed by atoms with van der Waals surface area (Å²) in [6, 6.07) is 0. The average Bonchev–Trinajstić information content (AvgIpc) is 2.83. The van der Waals surface area contributed by atoms with Crippen LogP contribution in [-0.2, 0) is 4.74 Å². The minimum Gasteiger partial charge on any atom is -0.462 e. The molecule has 5 nitrogen and oxygen atoms in total. The first-order valence-electron chi connectivity index (χ1n) is 5.48. The molecule has 1 saturated heterocycles. The molecule has 1 aliphatic heterocycles. The Morgan fingerprint density at radius 2 is 2.31 bits per heavy atom. The van der Waals surface area contributed by atoms with E-state index in [-0.39, 0.29) is 5.97 Å². The second-order valence-corrected chi connectivity index (χ2v) is 3.62. The zero-order valence-corrected chi connectivity index (χ0v) is 9.27. The molecule has 1 radical (unpaired) electrons. The summed E-state index contributed by atoms with van der Waals surface area (Å²) >= 11 is 0. The second-order valence-electron chi connectivity index (χ2n) is 3.62. The van der Waals surface area contributed by atoms with Crippen molar-refractivity contribution >= 4 is 11.8 Å². The fraction of sp³-hybridized carbons (Fsp3) is 0.545. The maximum Gasteiger partial charge on any atom is 0.343 e. The van der Waals surface area contributed by atoms with Crippen molar-refractivity contribution in [3.05, 3.63) is 18.1 Å². The van der Waals surface area contributed by atoms with Crippen molar-refractivity contribution in [3.63, 3.8) is 0 Å². The quantitative estimate of drug-likeness (QED) is 0.713. The first-order valence-corrected chi connectivity index (χ1v) is 5.48. The van der Waals surface area contributed by atoms with Crippen LogP contribution in [0.2, 0.25) is 0 Å². The van der Waals surface area contributed by atoms with Crippen molar-refractivity contribution in [2.24, 2.45) is 0 Å². The Labute approximate surface area is 94.5 Å². The van der Waals surface area contributed by atoms with Gasteiger partial charge >= 0.3 is 5.97 Å². The molecule has 0 saturated carbocycles. The number of nitrogens with zero attached hydrogens (tertiary/aromatic N) is 3. The summed E-state index contributed by atoms with van der Waals surface area (Å²) in [6.45, 7) is 3.99. The van der Waals surface area contributed by atoms with Crippen LogP contribution in [0.3, 0.4) is 0 Å². The minimum atomic E-state index is -0.363. The van der Waals surface area contributed by atoms with Crippen molar-refractivity contribution in [2.45, 2.75) is 19.8 Å². The Morgan fingerprint density at radius 3 is 3.00 bits per heavy atom. The maximum atomic E-state index is 11.7. The molecule has 1 fully saturated rings. The van der Waals surface area contributed by atoms with E-state index in [1.165, 1.54) is 6.20 Å². The van der Waals surface area contributed by atoms with Gasteiger partial charge in [-0.1, -0.05) is 0 Å². The van der Waals surface area contributed by atoms with Gasteiger partial charge in [-0.25, -0.2) is 14.8 Å². The first kappa shape index (κ1) is 10.9. The summed E-state index contributed by atoms with van der Waals surface area (Å²) in [5.41, 5.74) is 0.433. The molecule has 0 N–H and O–H groups in total. The summed E-state index contributed by atoms with van der Waals surface area (Å²) in [5.74, 6) is 0.282. The zero-order chi connectivity index (χ0) is 11.4. The maximum absolute atomic E-state index is 11.7. The van der Waals surface area contributed by atoms with E-state index in [9.17, 15) is 4.79 Å². The number of hydrogen-bond acceptors (Lipinski definition) is 5. The number of ether oxygens (including phenoxy) is 1. The van der Waals surface area contributed by atoms with Crippen molar-refractivity contribution in [2.75, 3.05) is 24.6 Å². The van der Waals surface area contributed by atoms with Gasteiger partial charge in [0.05, 0.1) is 6.61 Å². The topological polar surface area (TPSA) is 55.3 Å². The van der Waals surface area contributed by atoms with Gasteiger partial charge in [-0.3, -0.25) is 0 Å². The Balaban J connectivity index is 2.26. The van der Waals surface area contributed by atoms with Gasteiger partial charge in [0.1, 0.15) is 11.4 Å². The van der Waals surface area contributed by atoms with Gasteiger partial charge in [-0.15, -0.1) is 0 Å². The summed E-state index contributed by atoms with van der Waals surface area (Å²) in [7, 11) is 0. The van der Waals surface area contributed by atoms with Crippen LogP contribution in [0.25, 0.3) is 0 Å². The fourth-order valence-corrected chi connectivity index (χ4v) is 1.81. The van der Waals surface area contributed by atoms with Crippen LogP contribution in [-0.4, -0.2) is 35.6 Å². The van der Waals surface area contributed by atoms with E-state index in [2.05, 4.69) is 21.2 Å². The van der Waals surface area contributed by atoms with E-state index in [1.54, 1.807) is 6.92 Å². The summed E-state index contributed by atoms with van der Waals surface area (Å²) in [4.78, 5) is 21.6. The highest BCUT2D eigenvalue weighted by Crippen LogP contribution is 2.21. The standard InChI is InChI=1S/C11H14N3O2/c1-2-16-11(15)9-7-12-8-13-10(9)14-5-3-4-6-14/h7H,2-6H2,1H3. The smallest absolute Gasteiger partial charge is 0.343 e. The second kappa shape index (κ2) is 4.92. The molecule has 0 bridgehead atoms. The summed E-state index contributed by atoms with van der Waals surface area (Å²) < 4.78 is 4.97. The van der Waals surface area contributed by atoms with Crippen LogP contribution >= 0.6 is 0 Å². The van der Waals surface area contributed by atoms with Crippen LogP contribution in [0.15, 0.2) is 6.20 Å². The molecule has 0 atom stereocenters. The van der Waals surface area contributed by atoms with Gasteiger partial charge in [-0.05, 0) is 19.8 Å². The highest BCUT2D eigenvalue weighted by Gasteiger charge is 2.21. The molecular weight excluding hydrogens is 206 g/mol. The predicted octanol–water partition coefficient (Wildman–Crippen LogP) is 1.05. The molecular formula is C11H14N3O2. The molecule has 0 unspecified atom stereocenters. The Morgan fingerprint density at radius 1 is 1.56 bits per heavy atom. The van der Waals surface area contributed by atoms with Crippen LogP contribution in [0.5, 0.6) is 0 Å². The van der Waals surface area contributed by atoms with Gasteiger partial charge in [0, 0.05) is 19.3 Å². The highest BCUT2D eigenvalue weighted by molar-refractivity contribution is 5.94. The number of anilines is 1. The van der Waals surface area contributed by atoms with Crippen LogP contribution < -0.4 is 4.90 Å². The number of carbonyl (C=O) groups is 1. The van der Waals surface area contributed by atoms with E-state index in [0.717, 1.165) is 25.9 Å². The number of carbonyl (C=O) groups excluding carboxylic acids is 1. The number of aromatic nitrogens is 2. The van der Waals surface area contributed by atoms with Gasteiger partial charge in [0.15, 0.2) is 6.33 Å². The van der Waals surface area contributed by atoms with Crippen molar-refractivity contribution in [3.8, 4) is 0 Å². The Bertz CT molecular complexity index is 375. The average molecular weight is 220 g/mol. The van der Waals surface area contributed by atoms with Crippen molar-refractivity contribution in [1.29, 1.82) is 0 Å². The van der Waals surface area contributed by atoms with E-state index >= 15 is 0 Å². The lowest BCUT2D eigenvalue weighted by molar-refractivity contribution is 0.0526. The largest absolute Gasteiger partial charge is 0.462 e. The molecule has 1 aromatic rings. The zero-order valence-electron chi connectivity index (χ0n) is 9.27. The first-order chi connectivity index (χ1) is 7.83. The third-order valence-corrected chi connectivity index (χ3v) is 2.55. The van der Waals surface area contributed by atoms with E-state index in [1.807, 2.05) is 0 Å². The number of esters is 1. The Hall–Kier alpha value is -1.65. The molecule has 2 rings (SSSR count). The summed E-state index contributed by atoms with van der Waals surface area (Å²) in [6.07, 6.45) is 6.26. The molecule has 85 valence electrons. The third-order valence-electron chi connectivity index (χ3n) is 2.55. The third kappa shape index (κ3) is 2.13. The number of hydrogen-bond donors (Lipinski definition) is 0. The fourth-order valence-electron chi connectivity index (χ4n) is 1.81. The van der Waals surface area contributed by atoms with E-state index < -0.39 is 0 Å². The normalized spacial score (nSPS) is 15.2. The SMILES string of the molecule is CCOC(=O)c1cn[c]nc1N1CCCC1. The van der Waals surface area contributed by atoms with Gasteiger partial charge in [0.2, 0.25) is 0 Å². The van der Waals surface area contributed by atoms with Crippen LogP contribution in [0.4, 0.5) is 5.82 Å². The monoisotopic (exact) mass is 220 g/mol. The number of rotatable bonds is 3. The lowest BCUT2D eigenvalue weighted by atomic mass is 10.3. The summed E-state index contributed by atoms with van der Waals surface area (Å²) in [5, 5.41) is 0. The molecule has 0 amide bonds. The lowest BCUT2D eigenvalue weighted by Crippen LogP contribution is -2.23. The highest BCUT2D eigenvalue weighted by atomic mass is 16.5. The van der Waals surface area contributed by atoms with Crippen molar-refractivity contribution in [1.82, 2.24) is 9.97 Å². The molecule has 1 aromatic heterocycles. The van der Waals surface area contributed by atoms with Gasteiger partial charge < -0.3 is 9.64 Å². The molecule has 2 heterocycles.